The predicted molar refractivity (Wildman–Crippen MR) is 92.3 cm³/mol. The van der Waals surface area contributed by atoms with Crippen LogP contribution in [0.25, 0.3) is 22.8 Å². The van der Waals surface area contributed by atoms with E-state index in [0.29, 0.717) is 27.7 Å². The number of pyridine rings is 1. The highest BCUT2D eigenvalue weighted by Crippen LogP contribution is 2.34. The number of nitrogens with one attached hydrogen (secondary N) is 2. The molecule has 24 heavy (non-hydrogen) atoms. The minimum Gasteiger partial charge on any atom is -0.327 e. The number of aromatic nitrogens is 3. The Balaban J connectivity index is 2.06. The molecule has 3 aromatic rings. The molecule has 3 rings (SSSR count). The van der Waals surface area contributed by atoms with E-state index in [2.05, 4.69) is 15.0 Å². The number of H-pyrrole nitrogens is 1. The maximum Gasteiger partial charge on any atom is 0.157 e. The van der Waals surface area contributed by atoms with Gasteiger partial charge in [0.1, 0.15) is 22.4 Å². The van der Waals surface area contributed by atoms with E-state index in [1.54, 1.807) is 12.1 Å². The van der Waals surface area contributed by atoms with Gasteiger partial charge in [0.05, 0.1) is 20.9 Å². The molecule has 0 aliphatic heterocycles. The third-order valence-corrected chi connectivity index (χ3v) is 5.01. The standard InChI is InChI=1S/C15H11Cl2FN4OS/c1-24(19,23)9-3-4-10(11(16)6-9)13-14(17)22-15(21-13)12-5-2-8(18)7-20-12/h2-7,19H,1H3,(H,21,22). The van der Waals surface area contributed by atoms with Gasteiger partial charge >= 0.3 is 0 Å². The highest BCUT2D eigenvalue weighted by molar-refractivity contribution is 7.91. The Kier molecular flexibility index (Phi) is 4.33. The van der Waals surface area contributed by atoms with Crippen LogP contribution in [0.3, 0.4) is 0 Å². The van der Waals surface area contributed by atoms with Crippen molar-refractivity contribution in [3.05, 3.63) is 52.5 Å². The average Bonchev–Trinajstić information content (AvgIpc) is 2.89. The minimum atomic E-state index is -2.87. The molecule has 2 N–H and O–H groups in total. The third-order valence-electron chi connectivity index (χ3n) is 3.28. The topological polar surface area (TPSA) is 82.5 Å². The molecule has 1 unspecified atom stereocenters. The Bertz CT molecular complexity index is 1020. The molecule has 0 aliphatic rings. The minimum absolute atomic E-state index is 0.244. The number of nitrogens with zero attached hydrogens (tertiary/aromatic N) is 2. The van der Waals surface area contributed by atoms with Crippen LogP contribution in [0.1, 0.15) is 0 Å². The molecule has 1 atom stereocenters. The van der Waals surface area contributed by atoms with Crippen LogP contribution in [0, 0.1) is 10.6 Å². The van der Waals surface area contributed by atoms with Gasteiger partial charge in [-0.15, -0.1) is 0 Å². The largest absolute Gasteiger partial charge is 0.327 e. The molecular weight excluding hydrogens is 374 g/mol. The van der Waals surface area contributed by atoms with Crippen LogP contribution < -0.4 is 0 Å². The number of aromatic amines is 1. The number of benzene rings is 1. The fourth-order valence-corrected chi connectivity index (χ4v) is 3.34. The van der Waals surface area contributed by atoms with Crippen molar-refractivity contribution in [2.24, 2.45) is 0 Å². The van der Waals surface area contributed by atoms with Crippen molar-refractivity contribution in [2.45, 2.75) is 4.90 Å². The van der Waals surface area contributed by atoms with Gasteiger partial charge in [0.15, 0.2) is 5.82 Å². The molecule has 0 fully saturated rings. The van der Waals surface area contributed by atoms with E-state index < -0.39 is 15.5 Å². The van der Waals surface area contributed by atoms with E-state index >= 15 is 0 Å². The van der Waals surface area contributed by atoms with Crippen LogP contribution in [0.5, 0.6) is 0 Å². The van der Waals surface area contributed by atoms with E-state index in [4.69, 9.17) is 28.0 Å². The number of hydrogen-bond donors (Lipinski definition) is 2. The predicted octanol–water partition coefficient (Wildman–Crippen LogP) is 4.62. The summed E-state index contributed by atoms with van der Waals surface area (Å²) in [7, 11) is -2.87. The number of halogens is 3. The van der Waals surface area contributed by atoms with Gasteiger partial charge in [-0.3, -0.25) is 0 Å². The molecule has 9 heteroatoms. The van der Waals surface area contributed by atoms with Gasteiger partial charge in [-0.25, -0.2) is 23.3 Å². The normalized spacial score (nSPS) is 13.7. The van der Waals surface area contributed by atoms with Crippen LogP contribution in [-0.2, 0) is 9.73 Å². The van der Waals surface area contributed by atoms with Crippen molar-refractivity contribution in [2.75, 3.05) is 6.26 Å². The Labute approximate surface area is 147 Å². The summed E-state index contributed by atoms with van der Waals surface area (Å²) in [5.41, 5.74) is 1.35. The number of imidazole rings is 1. The zero-order valence-corrected chi connectivity index (χ0v) is 14.6. The summed E-state index contributed by atoms with van der Waals surface area (Å²) in [6.45, 7) is 0. The summed E-state index contributed by atoms with van der Waals surface area (Å²) < 4.78 is 32.4. The van der Waals surface area contributed by atoms with Gasteiger partial charge < -0.3 is 4.98 Å². The van der Waals surface area contributed by atoms with Crippen molar-refractivity contribution in [1.82, 2.24) is 15.0 Å². The number of hydrogen-bond acceptors (Lipinski definition) is 4. The quantitative estimate of drug-likeness (QED) is 0.690. The molecule has 0 bridgehead atoms. The molecule has 124 valence electrons. The maximum atomic E-state index is 13.0. The first-order chi connectivity index (χ1) is 11.3. The molecular formula is C15H11Cl2FN4OS. The van der Waals surface area contributed by atoms with E-state index in [9.17, 15) is 8.60 Å². The van der Waals surface area contributed by atoms with Crippen LogP contribution in [0.15, 0.2) is 41.4 Å². The summed E-state index contributed by atoms with van der Waals surface area (Å²) in [6.07, 6.45) is 2.40. The van der Waals surface area contributed by atoms with Crippen molar-refractivity contribution < 1.29 is 8.60 Å². The van der Waals surface area contributed by atoms with Crippen molar-refractivity contribution in [3.63, 3.8) is 0 Å². The highest BCUT2D eigenvalue weighted by Gasteiger charge is 2.16. The van der Waals surface area contributed by atoms with Gasteiger partial charge in [0.25, 0.3) is 0 Å². The summed E-state index contributed by atoms with van der Waals surface area (Å²) in [4.78, 5) is 11.5. The lowest BCUT2D eigenvalue weighted by Gasteiger charge is -2.06. The van der Waals surface area contributed by atoms with E-state index in [-0.39, 0.29) is 10.2 Å². The molecule has 2 aromatic heterocycles. The Hall–Kier alpha value is -1.96. The summed E-state index contributed by atoms with van der Waals surface area (Å²) >= 11 is 12.4. The monoisotopic (exact) mass is 384 g/mol. The van der Waals surface area contributed by atoms with Crippen molar-refractivity contribution in [1.29, 1.82) is 4.78 Å². The molecule has 2 heterocycles. The third kappa shape index (κ3) is 3.28. The molecule has 1 aromatic carbocycles. The number of rotatable bonds is 3. The van der Waals surface area contributed by atoms with Crippen molar-refractivity contribution in [3.8, 4) is 22.8 Å². The first kappa shape index (κ1) is 16.9. The second-order valence-electron chi connectivity index (χ2n) is 5.09. The van der Waals surface area contributed by atoms with E-state index in [0.717, 1.165) is 6.20 Å². The van der Waals surface area contributed by atoms with Crippen LogP contribution in [0.4, 0.5) is 4.39 Å². The molecule has 0 radical (unpaired) electrons. The maximum absolute atomic E-state index is 13.0. The van der Waals surface area contributed by atoms with Gasteiger partial charge in [-0.05, 0) is 30.3 Å². The second-order valence-corrected chi connectivity index (χ2v) is 8.04. The Morgan fingerprint density at radius 1 is 1.25 bits per heavy atom. The van der Waals surface area contributed by atoms with Crippen LogP contribution >= 0.6 is 23.2 Å². The fraction of sp³-hybridized carbons (Fsp3) is 0.0667. The highest BCUT2D eigenvalue weighted by atomic mass is 35.5. The summed E-state index contributed by atoms with van der Waals surface area (Å²) in [6, 6.07) is 7.38. The van der Waals surface area contributed by atoms with Gasteiger partial charge in [0.2, 0.25) is 0 Å². The SMILES string of the molecule is CS(=N)(=O)c1ccc(-c2nc(-c3ccc(F)cn3)[nH]c2Cl)c(Cl)c1. The van der Waals surface area contributed by atoms with Gasteiger partial charge in [0, 0.05) is 16.7 Å². The molecule has 0 spiro atoms. The smallest absolute Gasteiger partial charge is 0.157 e. The van der Waals surface area contributed by atoms with Crippen molar-refractivity contribution >= 4 is 32.9 Å². The summed E-state index contributed by atoms with van der Waals surface area (Å²) in [5.74, 6) is -0.0799. The fourth-order valence-electron chi connectivity index (χ4n) is 2.10. The van der Waals surface area contributed by atoms with E-state index in [1.165, 1.54) is 24.5 Å². The molecule has 0 amide bonds. The first-order valence-electron chi connectivity index (χ1n) is 6.67. The van der Waals surface area contributed by atoms with Crippen LogP contribution in [0.2, 0.25) is 10.2 Å². The zero-order valence-electron chi connectivity index (χ0n) is 12.3. The molecule has 0 aliphatic carbocycles. The average molecular weight is 385 g/mol. The van der Waals surface area contributed by atoms with E-state index in [1.807, 2.05) is 0 Å². The summed E-state index contributed by atoms with van der Waals surface area (Å²) in [5, 5.41) is 0.523. The second kappa shape index (κ2) is 6.16. The lowest BCUT2D eigenvalue weighted by Crippen LogP contribution is -1.95. The zero-order chi connectivity index (χ0) is 17.5. The van der Waals surface area contributed by atoms with Crippen LogP contribution in [-0.4, -0.2) is 25.4 Å². The molecule has 0 saturated carbocycles. The molecule has 0 saturated heterocycles. The molecule has 5 nitrogen and oxygen atoms in total. The lowest BCUT2D eigenvalue weighted by molar-refractivity contribution is 0.621. The Morgan fingerprint density at radius 3 is 2.58 bits per heavy atom. The van der Waals surface area contributed by atoms with Gasteiger partial charge in [-0.1, -0.05) is 23.2 Å². The van der Waals surface area contributed by atoms with Gasteiger partial charge in [-0.2, -0.15) is 0 Å². The Morgan fingerprint density at radius 2 is 2.00 bits per heavy atom. The lowest BCUT2D eigenvalue weighted by atomic mass is 10.2. The first-order valence-corrected chi connectivity index (χ1v) is 9.39.